The SMILES string of the molecule is O=C(NCC(F)(F)F)[C@@H]1CSCN1c1ccnc(-c2c[nH]c3ncccc23)n1. The second-order valence-electron chi connectivity index (χ2n) is 6.16. The number of halogens is 3. The second kappa shape index (κ2) is 7.30. The van der Waals surface area contributed by atoms with Gasteiger partial charge in [-0.15, -0.1) is 11.8 Å². The molecule has 3 aromatic heterocycles. The monoisotopic (exact) mass is 408 g/mol. The Morgan fingerprint density at radius 3 is 3.00 bits per heavy atom. The normalized spacial score (nSPS) is 17.2. The van der Waals surface area contributed by atoms with Gasteiger partial charge in [0, 0.05) is 35.3 Å². The molecule has 0 unspecified atom stereocenters. The Morgan fingerprint density at radius 2 is 2.18 bits per heavy atom. The molecule has 0 radical (unpaired) electrons. The van der Waals surface area contributed by atoms with Crippen molar-refractivity contribution < 1.29 is 18.0 Å². The van der Waals surface area contributed by atoms with Gasteiger partial charge in [0.2, 0.25) is 5.91 Å². The van der Waals surface area contributed by atoms with Gasteiger partial charge in [-0.05, 0) is 18.2 Å². The number of anilines is 1. The lowest BCUT2D eigenvalue weighted by Gasteiger charge is -2.24. The third-order valence-corrected chi connectivity index (χ3v) is 5.29. The summed E-state index contributed by atoms with van der Waals surface area (Å²) in [6.45, 7) is -1.35. The van der Waals surface area contributed by atoms with Crippen molar-refractivity contribution >= 4 is 34.5 Å². The van der Waals surface area contributed by atoms with Gasteiger partial charge in [-0.2, -0.15) is 13.2 Å². The van der Waals surface area contributed by atoms with E-state index < -0.39 is 24.7 Å². The van der Waals surface area contributed by atoms with Gasteiger partial charge >= 0.3 is 6.18 Å². The number of rotatable bonds is 4. The van der Waals surface area contributed by atoms with Crippen LogP contribution in [-0.4, -0.2) is 56.2 Å². The van der Waals surface area contributed by atoms with E-state index in [1.165, 1.54) is 11.8 Å². The largest absolute Gasteiger partial charge is 0.405 e. The maximum Gasteiger partial charge on any atom is 0.405 e. The van der Waals surface area contributed by atoms with E-state index >= 15 is 0 Å². The number of alkyl halides is 3. The number of thioether (sulfide) groups is 1. The lowest BCUT2D eigenvalue weighted by Crippen LogP contribution is -2.47. The van der Waals surface area contributed by atoms with E-state index in [2.05, 4.69) is 19.9 Å². The number of aromatic nitrogens is 4. The summed E-state index contributed by atoms with van der Waals surface area (Å²) in [5.74, 6) is 1.11. The smallest absolute Gasteiger partial charge is 0.345 e. The Morgan fingerprint density at radius 1 is 1.32 bits per heavy atom. The molecule has 4 rings (SSSR count). The number of hydrogen-bond donors (Lipinski definition) is 2. The average molecular weight is 408 g/mol. The van der Waals surface area contributed by atoms with Gasteiger partial charge in [0.05, 0.1) is 5.88 Å². The molecular formula is C17H15F3N6OS. The number of aromatic amines is 1. The van der Waals surface area contributed by atoms with E-state index in [4.69, 9.17) is 0 Å². The Kier molecular flexibility index (Phi) is 4.84. The fourth-order valence-electron chi connectivity index (χ4n) is 2.97. The number of hydrogen-bond acceptors (Lipinski definition) is 6. The van der Waals surface area contributed by atoms with Crippen LogP contribution in [-0.2, 0) is 4.79 Å². The molecule has 2 N–H and O–H groups in total. The first-order valence-corrected chi connectivity index (χ1v) is 9.52. The number of fused-ring (bicyclic) bond motifs is 1. The van der Waals surface area contributed by atoms with Gasteiger partial charge in [-0.3, -0.25) is 4.79 Å². The van der Waals surface area contributed by atoms with Gasteiger partial charge in [0.25, 0.3) is 0 Å². The molecule has 1 aliphatic heterocycles. The highest BCUT2D eigenvalue weighted by molar-refractivity contribution is 7.99. The van der Waals surface area contributed by atoms with Crippen LogP contribution < -0.4 is 10.2 Å². The topological polar surface area (TPSA) is 86.8 Å². The number of amides is 1. The van der Waals surface area contributed by atoms with E-state index in [0.29, 0.717) is 28.9 Å². The lowest BCUT2D eigenvalue weighted by atomic mass is 10.2. The van der Waals surface area contributed by atoms with Crippen LogP contribution in [0.2, 0.25) is 0 Å². The van der Waals surface area contributed by atoms with Crippen molar-refractivity contribution in [2.75, 3.05) is 23.1 Å². The third-order valence-electron chi connectivity index (χ3n) is 4.28. The first-order valence-electron chi connectivity index (χ1n) is 8.37. The van der Waals surface area contributed by atoms with E-state index in [1.54, 1.807) is 29.6 Å². The zero-order chi connectivity index (χ0) is 19.7. The fraction of sp³-hybridized carbons (Fsp3) is 0.294. The van der Waals surface area contributed by atoms with Gasteiger partial charge in [0.1, 0.15) is 24.1 Å². The molecule has 28 heavy (non-hydrogen) atoms. The molecule has 1 aliphatic rings. The van der Waals surface area contributed by atoms with E-state index in [9.17, 15) is 18.0 Å². The van der Waals surface area contributed by atoms with Crippen LogP contribution in [0.15, 0.2) is 36.8 Å². The Hall–Kier alpha value is -2.82. The molecule has 0 aromatic carbocycles. The van der Waals surface area contributed by atoms with Crippen LogP contribution in [0.3, 0.4) is 0 Å². The molecule has 4 heterocycles. The summed E-state index contributed by atoms with van der Waals surface area (Å²) in [6, 6.07) is 4.62. The molecule has 11 heteroatoms. The maximum atomic E-state index is 12.4. The second-order valence-corrected chi connectivity index (χ2v) is 7.16. The van der Waals surface area contributed by atoms with Crippen molar-refractivity contribution in [1.82, 2.24) is 25.3 Å². The number of nitrogens with one attached hydrogen (secondary N) is 2. The molecule has 1 fully saturated rings. The first kappa shape index (κ1) is 18.5. The van der Waals surface area contributed by atoms with Crippen LogP contribution in [0.1, 0.15) is 0 Å². The van der Waals surface area contributed by atoms with Crippen molar-refractivity contribution in [3.63, 3.8) is 0 Å². The molecule has 3 aromatic rings. The highest BCUT2D eigenvalue weighted by Crippen LogP contribution is 2.30. The van der Waals surface area contributed by atoms with Crippen molar-refractivity contribution in [3.8, 4) is 11.4 Å². The molecule has 0 saturated carbocycles. The minimum Gasteiger partial charge on any atom is -0.345 e. The molecule has 0 aliphatic carbocycles. The number of pyridine rings is 1. The minimum atomic E-state index is -4.45. The van der Waals surface area contributed by atoms with Gasteiger partial charge < -0.3 is 15.2 Å². The Balaban J connectivity index is 1.59. The summed E-state index contributed by atoms with van der Waals surface area (Å²) in [4.78, 5) is 30.1. The molecule has 1 atom stereocenters. The number of H-pyrrole nitrogens is 1. The summed E-state index contributed by atoms with van der Waals surface area (Å²) in [6.07, 6.45) is 0.548. The zero-order valence-electron chi connectivity index (χ0n) is 14.4. The summed E-state index contributed by atoms with van der Waals surface area (Å²) in [5.41, 5.74) is 1.46. The molecule has 0 spiro atoms. The van der Waals surface area contributed by atoms with Gasteiger partial charge in [0.15, 0.2) is 5.82 Å². The quantitative estimate of drug-likeness (QED) is 0.690. The summed E-state index contributed by atoms with van der Waals surface area (Å²) >= 11 is 1.46. The summed E-state index contributed by atoms with van der Waals surface area (Å²) in [5, 5.41) is 2.81. The average Bonchev–Trinajstić information content (AvgIpc) is 3.33. The standard InChI is InChI=1S/C17H15F3N6OS/c18-17(19,20)8-24-16(27)12-7-28-9-26(12)13-3-5-22-15(25-13)11-6-23-14-10(11)2-1-4-21-14/h1-6,12H,7-9H2,(H,21,23)(H,24,27)/t12-/m0/s1. The molecular weight excluding hydrogens is 393 g/mol. The van der Waals surface area contributed by atoms with Crippen LogP contribution in [0.5, 0.6) is 0 Å². The van der Waals surface area contributed by atoms with Crippen LogP contribution in [0.25, 0.3) is 22.4 Å². The predicted octanol–water partition coefficient (Wildman–Crippen LogP) is 2.58. The Bertz CT molecular complexity index is 1010. The minimum absolute atomic E-state index is 0.389. The highest BCUT2D eigenvalue weighted by atomic mass is 32.2. The van der Waals surface area contributed by atoms with Gasteiger partial charge in [-0.1, -0.05) is 0 Å². The molecule has 7 nitrogen and oxygen atoms in total. The van der Waals surface area contributed by atoms with Crippen molar-refractivity contribution in [3.05, 3.63) is 36.8 Å². The lowest BCUT2D eigenvalue weighted by molar-refractivity contribution is -0.138. The van der Waals surface area contributed by atoms with Crippen molar-refractivity contribution in [2.45, 2.75) is 12.2 Å². The first-order chi connectivity index (χ1) is 13.4. The van der Waals surface area contributed by atoms with Crippen molar-refractivity contribution in [1.29, 1.82) is 0 Å². The van der Waals surface area contributed by atoms with Gasteiger partial charge in [-0.25, -0.2) is 15.0 Å². The van der Waals surface area contributed by atoms with E-state index in [0.717, 1.165) is 10.9 Å². The predicted molar refractivity (Wildman–Crippen MR) is 99.8 cm³/mol. The van der Waals surface area contributed by atoms with Crippen molar-refractivity contribution in [2.24, 2.45) is 0 Å². The third kappa shape index (κ3) is 3.75. The number of carbonyl (C=O) groups is 1. The number of nitrogens with zero attached hydrogens (tertiary/aromatic N) is 4. The molecule has 0 bridgehead atoms. The molecule has 1 saturated heterocycles. The maximum absolute atomic E-state index is 12.4. The van der Waals surface area contributed by atoms with Crippen LogP contribution in [0, 0.1) is 0 Å². The molecule has 1 amide bonds. The van der Waals surface area contributed by atoms with Crippen LogP contribution in [0.4, 0.5) is 19.0 Å². The summed E-state index contributed by atoms with van der Waals surface area (Å²) < 4.78 is 37.2. The zero-order valence-corrected chi connectivity index (χ0v) is 15.2. The number of carbonyl (C=O) groups excluding carboxylic acids is 1. The highest BCUT2D eigenvalue weighted by Gasteiger charge is 2.35. The van der Waals surface area contributed by atoms with Crippen LogP contribution >= 0.6 is 11.8 Å². The van der Waals surface area contributed by atoms with E-state index in [1.807, 2.05) is 17.4 Å². The Labute approximate surface area is 161 Å². The van der Waals surface area contributed by atoms with E-state index in [-0.39, 0.29) is 0 Å². The summed E-state index contributed by atoms with van der Waals surface area (Å²) in [7, 11) is 0. The molecule has 146 valence electrons. The fourth-order valence-corrected chi connectivity index (χ4v) is 4.14.